The third-order valence-electron chi connectivity index (χ3n) is 4.85. The second-order valence-corrected chi connectivity index (χ2v) is 8.57. The van der Waals surface area contributed by atoms with Crippen molar-refractivity contribution >= 4 is 57.7 Å². The lowest BCUT2D eigenvalue weighted by Crippen LogP contribution is -2.37. The fourth-order valence-electron chi connectivity index (χ4n) is 3.28. The van der Waals surface area contributed by atoms with E-state index in [1.807, 2.05) is 6.26 Å². The molecule has 2 aromatic heterocycles. The molecule has 0 radical (unpaired) electrons. The number of aromatic nitrogens is 4. The number of thioether (sulfide) groups is 1. The molecule has 3 aromatic rings. The Labute approximate surface area is 199 Å². The number of hydrogen-bond donors (Lipinski definition) is 1. The van der Waals surface area contributed by atoms with Gasteiger partial charge < -0.3 is 19.7 Å². The maximum atomic E-state index is 12.2. The third-order valence-corrected chi connectivity index (χ3v) is 5.93. The Bertz CT molecular complexity index is 1110. The smallest absolute Gasteiger partial charge is 0.258 e. The van der Waals surface area contributed by atoms with Crippen molar-refractivity contribution in [3.8, 4) is 5.75 Å². The van der Waals surface area contributed by atoms with Gasteiger partial charge in [0.05, 0.1) is 36.4 Å². The topological polar surface area (TPSA) is 94.4 Å². The molecule has 1 aliphatic heterocycles. The van der Waals surface area contributed by atoms with E-state index in [0.717, 1.165) is 29.9 Å². The number of carbonyl (C=O) groups excluding carboxylic acids is 1. The Morgan fingerprint density at radius 2 is 2.09 bits per heavy atom. The molecular weight excluding hydrogens is 475 g/mol. The molecule has 32 heavy (non-hydrogen) atoms. The first kappa shape index (κ1) is 22.9. The monoisotopic (exact) mass is 496 g/mol. The van der Waals surface area contributed by atoms with Gasteiger partial charge in [0.25, 0.3) is 5.91 Å². The summed E-state index contributed by atoms with van der Waals surface area (Å²) in [6, 6.07) is 4.84. The van der Waals surface area contributed by atoms with Crippen molar-refractivity contribution in [1.29, 1.82) is 0 Å². The number of ether oxygens (including phenoxy) is 2. The number of carbonyl (C=O) groups is 1. The molecule has 1 N–H and O–H groups in total. The highest BCUT2D eigenvalue weighted by Crippen LogP contribution is 2.28. The number of hydrogen-bond acceptors (Lipinski definition) is 8. The van der Waals surface area contributed by atoms with Gasteiger partial charge in [0.2, 0.25) is 0 Å². The van der Waals surface area contributed by atoms with Crippen molar-refractivity contribution in [3.05, 3.63) is 34.4 Å². The zero-order valence-electron chi connectivity index (χ0n) is 17.4. The molecule has 1 saturated heterocycles. The minimum absolute atomic E-state index is 0.152. The van der Waals surface area contributed by atoms with Crippen molar-refractivity contribution in [2.75, 3.05) is 50.6 Å². The van der Waals surface area contributed by atoms with Crippen LogP contribution < -0.4 is 15.0 Å². The second-order valence-electron chi connectivity index (χ2n) is 6.95. The van der Waals surface area contributed by atoms with Gasteiger partial charge in [-0.3, -0.25) is 4.79 Å². The fraction of sp³-hybridized carbons (Fsp3) is 0.400. The van der Waals surface area contributed by atoms with Crippen LogP contribution in [0.4, 0.5) is 5.82 Å². The van der Waals surface area contributed by atoms with Crippen LogP contribution in [0, 0.1) is 0 Å². The van der Waals surface area contributed by atoms with Crippen molar-refractivity contribution < 1.29 is 14.3 Å². The molecule has 1 aromatic carbocycles. The summed E-state index contributed by atoms with van der Waals surface area (Å²) in [7, 11) is 0. The lowest BCUT2D eigenvalue weighted by atomic mass is 10.3. The maximum Gasteiger partial charge on any atom is 0.258 e. The van der Waals surface area contributed by atoms with Crippen LogP contribution in [0.5, 0.6) is 5.75 Å². The highest BCUT2D eigenvalue weighted by atomic mass is 35.5. The summed E-state index contributed by atoms with van der Waals surface area (Å²) >= 11 is 13.4. The minimum atomic E-state index is -0.263. The van der Waals surface area contributed by atoms with Crippen LogP contribution in [-0.4, -0.2) is 71.4 Å². The molecule has 9 nitrogen and oxygen atoms in total. The molecule has 1 amide bonds. The highest BCUT2D eigenvalue weighted by Gasteiger charge is 2.20. The summed E-state index contributed by atoms with van der Waals surface area (Å²) in [6.07, 6.45) is 3.72. The number of nitrogens with one attached hydrogen (secondary N) is 1. The number of anilines is 1. The van der Waals surface area contributed by atoms with E-state index in [0.29, 0.717) is 47.3 Å². The molecule has 0 atom stereocenters. The van der Waals surface area contributed by atoms with E-state index in [2.05, 4.69) is 20.3 Å². The van der Waals surface area contributed by atoms with Gasteiger partial charge in [0.1, 0.15) is 11.6 Å². The summed E-state index contributed by atoms with van der Waals surface area (Å²) in [5, 5.41) is 9.72. The molecule has 12 heteroatoms. The van der Waals surface area contributed by atoms with E-state index >= 15 is 0 Å². The Morgan fingerprint density at radius 3 is 2.84 bits per heavy atom. The second kappa shape index (κ2) is 10.6. The van der Waals surface area contributed by atoms with Crippen molar-refractivity contribution in [3.63, 3.8) is 0 Å². The molecular formula is C20H22Cl2N6O3S. The first-order chi connectivity index (χ1) is 15.5. The van der Waals surface area contributed by atoms with E-state index in [1.54, 1.807) is 29.1 Å². The summed E-state index contributed by atoms with van der Waals surface area (Å²) in [4.78, 5) is 23.7. The predicted molar refractivity (Wildman–Crippen MR) is 125 cm³/mol. The van der Waals surface area contributed by atoms with Crippen LogP contribution in [0.25, 0.3) is 11.0 Å². The number of halogens is 2. The molecule has 4 rings (SSSR count). The molecule has 0 unspecified atom stereocenters. The number of amides is 1. The summed E-state index contributed by atoms with van der Waals surface area (Å²) < 4.78 is 12.7. The van der Waals surface area contributed by atoms with Crippen LogP contribution in [-0.2, 0) is 16.1 Å². The molecule has 0 spiro atoms. The minimum Gasteiger partial charge on any atom is -0.482 e. The van der Waals surface area contributed by atoms with E-state index < -0.39 is 0 Å². The predicted octanol–water partition coefficient (Wildman–Crippen LogP) is 2.89. The average Bonchev–Trinajstić information content (AvgIpc) is 3.21. The first-order valence-electron chi connectivity index (χ1n) is 10.00. The Morgan fingerprint density at radius 1 is 1.28 bits per heavy atom. The molecule has 0 bridgehead atoms. The Hall–Kier alpha value is -2.27. The van der Waals surface area contributed by atoms with Crippen LogP contribution in [0.1, 0.15) is 0 Å². The number of rotatable bonds is 8. The van der Waals surface area contributed by atoms with E-state index in [1.165, 1.54) is 11.8 Å². The Kier molecular flexibility index (Phi) is 7.56. The summed E-state index contributed by atoms with van der Waals surface area (Å²) in [5.74, 6) is 1.01. The molecule has 0 aliphatic carbocycles. The van der Waals surface area contributed by atoms with Crippen molar-refractivity contribution in [2.45, 2.75) is 11.7 Å². The van der Waals surface area contributed by atoms with Crippen LogP contribution >= 0.6 is 35.0 Å². The standard InChI is InChI=1S/C20H22Cl2N6O3S/c1-32-20-25-18(27-6-8-30-9-7-27)14-11-24-28(19(14)26-20)5-4-23-17(29)12-31-16-3-2-13(21)10-15(16)22/h2-3,10-11H,4-9,12H2,1H3,(H,23,29). The number of morpholine rings is 1. The fourth-order valence-corrected chi connectivity index (χ4v) is 4.10. The van der Waals surface area contributed by atoms with E-state index in [4.69, 9.17) is 37.7 Å². The quantitative estimate of drug-likeness (QED) is 0.375. The lowest BCUT2D eigenvalue weighted by molar-refractivity contribution is -0.123. The van der Waals surface area contributed by atoms with Gasteiger partial charge in [0.15, 0.2) is 17.4 Å². The van der Waals surface area contributed by atoms with Crippen LogP contribution in [0.15, 0.2) is 29.6 Å². The molecule has 3 heterocycles. The number of fused-ring (bicyclic) bond motifs is 1. The molecule has 1 fully saturated rings. The van der Waals surface area contributed by atoms with Gasteiger partial charge >= 0.3 is 0 Å². The number of benzene rings is 1. The molecule has 170 valence electrons. The zero-order valence-corrected chi connectivity index (χ0v) is 19.7. The average molecular weight is 497 g/mol. The highest BCUT2D eigenvalue weighted by molar-refractivity contribution is 7.98. The van der Waals surface area contributed by atoms with Crippen LogP contribution in [0.3, 0.4) is 0 Å². The number of nitrogens with zero attached hydrogens (tertiary/aromatic N) is 5. The van der Waals surface area contributed by atoms with Gasteiger partial charge in [0, 0.05) is 24.7 Å². The van der Waals surface area contributed by atoms with E-state index in [9.17, 15) is 4.79 Å². The zero-order chi connectivity index (χ0) is 22.5. The van der Waals surface area contributed by atoms with Gasteiger partial charge in [-0.15, -0.1) is 0 Å². The van der Waals surface area contributed by atoms with Gasteiger partial charge in [-0.2, -0.15) is 5.10 Å². The van der Waals surface area contributed by atoms with Crippen molar-refractivity contribution in [2.24, 2.45) is 0 Å². The van der Waals surface area contributed by atoms with Gasteiger partial charge in [-0.1, -0.05) is 35.0 Å². The third kappa shape index (κ3) is 5.37. The maximum absolute atomic E-state index is 12.2. The normalized spacial score (nSPS) is 14.0. The lowest BCUT2D eigenvalue weighted by Gasteiger charge is -2.28. The van der Waals surface area contributed by atoms with Crippen LogP contribution in [0.2, 0.25) is 10.0 Å². The van der Waals surface area contributed by atoms with Gasteiger partial charge in [-0.25, -0.2) is 14.6 Å². The first-order valence-corrected chi connectivity index (χ1v) is 12.0. The largest absolute Gasteiger partial charge is 0.482 e. The summed E-state index contributed by atoms with van der Waals surface area (Å²) in [5.41, 5.74) is 0.740. The van der Waals surface area contributed by atoms with Crippen molar-refractivity contribution in [1.82, 2.24) is 25.1 Å². The molecule has 0 saturated carbocycles. The summed E-state index contributed by atoms with van der Waals surface area (Å²) in [6.45, 7) is 3.58. The van der Waals surface area contributed by atoms with Gasteiger partial charge in [-0.05, 0) is 24.5 Å². The Balaban J connectivity index is 1.38. The van der Waals surface area contributed by atoms with E-state index in [-0.39, 0.29) is 12.5 Å². The SMILES string of the molecule is CSc1nc(N2CCOCC2)c2cnn(CCNC(=O)COc3ccc(Cl)cc3Cl)c2n1. The molecule has 1 aliphatic rings.